The zero-order chi connectivity index (χ0) is 23.1. The summed E-state index contributed by atoms with van der Waals surface area (Å²) in [6, 6.07) is 18.4. The van der Waals surface area contributed by atoms with Crippen LogP contribution < -0.4 is 0 Å². The minimum absolute atomic E-state index is 0.0298. The number of aromatic hydroxyl groups is 1. The van der Waals surface area contributed by atoms with Crippen molar-refractivity contribution in [1.82, 2.24) is 14.7 Å². The normalized spacial score (nSPS) is 28.0. The topological polar surface area (TPSA) is 47.0 Å². The van der Waals surface area contributed by atoms with E-state index in [1.54, 1.807) is 12.1 Å². The number of phenolic OH excluding ortho intramolecular Hbond substituents is 1. The second-order valence-corrected chi connectivity index (χ2v) is 10.7. The summed E-state index contributed by atoms with van der Waals surface area (Å²) >= 11 is 0. The number of carbonyl (C=O) groups is 1. The molecular weight excluding hydrogens is 410 g/mol. The molecule has 176 valence electrons. The van der Waals surface area contributed by atoms with Gasteiger partial charge in [-0.2, -0.15) is 0 Å². The van der Waals surface area contributed by atoms with E-state index in [2.05, 4.69) is 59.1 Å². The summed E-state index contributed by atoms with van der Waals surface area (Å²) in [5, 5.41) is 9.64. The summed E-state index contributed by atoms with van der Waals surface area (Å²) in [4.78, 5) is 20.4. The number of rotatable bonds is 6. The summed E-state index contributed by atoms with van der Waals surface area (Å²) in [6.07, 6.45) is 7.99. The van der Waals surface area contributed by atoms with E-state index in [-0.39, 0.29) is 22.9 Å². The van der Waals surface area contributed by atoms with E-state index in [1.807, 2.05) is 12.1 Å². The number of amides is 2. The third-order valence-electron chi connectivity index (χ3n) is 8.71. The summed E-state index contributed by atoms with van der Waals surface area (Å²) in [7, 11) is 4.40. The Balaban J connectivity index is 1.39. The molecule has 3 fully saturated rings. The van der Waals surface area contributed by atoms with Gasteiger partial charge < -0.3 is 14.9 Å². The summed E-state index contributed by atoms with van der Waals surface area (Å²) in [6.45, 7) is 2.32. The van der Waals surface area contributed by atoms with E-state index in [0.29, 0.717) is 12.5 Å². The second kappa shape index (κ2) is 8.68. The van der Waals surface area contributed by atoms with Crippen LogP contribution in [0.15, 0.2) is 54.6 Å². The van der Waals surface area contributed by atoms with Crippen molar-refractivity contribution in [3.8, 4) is 5.75 Å². The van der Waals surface area contributed by atoms with Crippen LogP contribution in [0.5, 0.6) is 5.75 Å². The first-order valence-electron chi connectivity index (χ1n) is 12.5. The fourth-order valence-corrected chi connectivity index (χ4v) is 6.33. The Morgan fingerprint density at radius 1 is 0.970 bits per heavy atom. The number of hydrogen-bond acceptors (Lipinski definition) is 3. The second-order valence-electron chi connectivity index (χ2n) is 10.7. The number of carbonyl (C=O) groups excluding carboxylic acids is 1. The van der Waals surface area contributed by atoms with Crippen molar-refractivity contribution in [3.05, 3.63) is 65.7 Å². The fourth-order valence-electron chi connectivity index (χ4n) is 6.33. The van der Waals surface area contributed by atoms with Gasteiger partial charge in [0.1, 0.15) is 5.75 Å². The Kier molecular flexibility index (Phi) is 5.86. The van der Waals surface area contributed by atoms with E-state index in [1.165, 1.54) is 24.8 Å². The Hall–Kier alpha value is -2.53. The SMILES string of the molecule is CN(C)[C@]1(c2ccccc2)CC[C@]2(CC1)CN(Cc1ccc(O)cc1)C(=O)N2CC1CCC1. The Labute approximate surface area is 198 Å². The largest absolute Gasteiger partial charge is 0.508 e. The molecular formula is C28H37N3O2. The molecule has 1 N–H and O–H groups in total. The molecule has 5 rings (SSSR count). The molecule has 1 saturated heterocycles. The molecule has 2 aromatic rings. The van der Waals surface area contributed by atoms with Crippen LogP contribution in [0.25, 0.3) is 0 Å². The highest BCUT2D eigenvalue weighted by Gasteiger charge is 2.54. The highest BCUT2D eigenvalue weighted by molar-refractivity contribution is 5.78. The standard InChI is InChI=1S/C28H37N3O2/c1-29(2)28(24-9-4-3-5-10-24)17-15-27(16-18-28)21-30(19-23-11-13-25(32)14-12-23)26(33)31(27)20-22-7-6-8-22/h3-5,9-14,22,32H,6-8,15-21H2,1-2H3/t27-,28+. The number of hydrogen-bond donors (Lipinski definition) is 1. The van der Waals surface area contributed by atoms with Crippen LogP contribution in [-0.2, 0) is 12.1 Å². The lowest BCUT2D eigenvalue weighted by atomic mass is 9.68. The van der Waals surface area contributed by atoms with Gasteiger partial charge in [-0.25, -0.2) is 4.79 Å². The zero-order valence-corrected chi connectivity index (χ0v) is 20.0. The third kappa shape index (κ3) is 4.01. The average molecular weight is 448 g/mol. The molecule has 33 heavy (non-hydrogen) atoms. The number of benzene rings is 2. The first kappa shape index (κ1) is 22.3. The molecule has 0 unspecified atom stereocenters. The monoisotopic (exact) mass is 447 g/mol. The Bertz CT molecular complexity index is 960. The number of nitrogens with zero attached hydrogens (tertiary/aromatic N) is 3. The minimum Gasteiger partial charge on any atom is -0.508 e. The van der Waals surface area contributed by atoms with Gasteiger partial charge in [0, 0.05) is 25.2 Å². The van der Waals surface area contributed by atoms with E-state index in [4.69, 9.17) is 0 Å². The van der Waals surface area contributed by atoms with Gasteiger partial charge in [0.2, 0.25) is 0 Å². The highest BCUT2D eigenvalue weighted by atomic mass is 16.3. The van der Waals surface area contributed by atoms with Gasteiger partial charge in [-0.05, 0) is 81.8 Å². The highest BCUT2D eigenvalue weighted by Crippen LogP contribution is 2.49. The summed E-state index contributed by atoms with van der Waals surface area (Å²) in [5.41, 5.74) is 2.42. The van der Waals surface area contributed by atoms with Crippen molar-refractivity contribution in [2.24, 2.45) is 5.92 Å². The van der Waals surface area contributed by atoms with Gasteiger partial charge in [0.25, 0.3) is 0 Å². The van der Waals surface area contributed by atoms with Crippen LogP contribution >= 0.6 is 0 Å². The molecule has 0 atom stereocenters. The van der Waals surface area contributed by atoms with Crippen LogP contribution in [0.3, 0.4) is 0 Å². The first-order chi connectivity index (χ1) is 15.9. The molecule has 0 aromatic heterocycles. The maximum atomic E-state index is 13.7. The van der Waals surface area contributed by atoms with E-state index in [0.717, 1.165) is 44.3 Å². The summed E-state index contributed by atoms with van der Waals surface area (Å²) < 4.78 is 0. The van der Waals surface area contributed by atoms with Gasteiger partial charge >= 0.3 is 6.03 Å². The number of phenols is 1. The van der Waals surface area contributed by atoms with Crippen LogP contribution in [0.2, 0.25) is 0 Å². The van der Waals surface area contributed by atoms with Crippen LogP contribution in [0.1, 0.15) is 56.1 Å². The molecule has 2 saturated carbocycles. The lowest BCUT2D eigenvalue weighted by Crippen LogP contribution is -2.56. The maximum absolute atomic E-state index is 13.7. The van der Waals surface area contributed by atoms with Crippen LogP contribution in [0, 0.1) is 5.92 Å². The van der Waals surface area contributed by atoms with Crippen molar-refractivity contribution in [3.63, 3.8) is 0 Å². The third-order valence-corrected chi connectivity index (χ3v) is 8.71. The lowest BCUT2D eigenvalue weighted by Gasteiger charge is -2.51. The van der Waals surface area contributed by atoms with Crippen LogP contribution in [-0.4, -0.2) is 58.6 Å². The van der Waals surface area contributed by atoms with Gasteiger partial charge in [-0.3, -0.25) is 4.90 Å². The molecule has 2 amide bonds. The van der Waals surface area contributed by atoms with Gasteiger partial charge in [0.05, 0.1) is 5.54 Å². The molecule has 2 aliphatic carbocycles. The van der Waals surface area contributed by atoms with Crippen molar-refractivity contribution >= 4 is 6.03 Å². The van der Waals surface area contributed by atoms with Crippen molar-refractivity contribution in [1.29, 1.82) is 0 Å². The molecule has 3 aliphatic rings. The first-order valence-corrected chi connectivity index (χ1v) is 12.5. The van der Waals surface area contributed by atoms with E-state index < -0.39 is 0 Å². The molecule has 5 heteroatoms. The van der Waals surface area contributed by atoms with Gasteiger partial charge in [0.15, 0.2) is 0 Å². The van der Waals surface area contributed by atoms with Crippen molar-refractivity contribution < 1.29 is 9.90 Å². The van der Waals surface area contributed by atoms with E-state index in [9.17, 15) is 9.90 Å². The molecule has 1 spiro atoms. The molecule has 5 nitrogen and oxygen atoms in total. The molecule has 0 radical (unpaired) electrons. The molecule has 2 aromatic carbocycles. The summed E-state index contributed by atoms with van der Waals surface area (Å²) in [5.74, 6) is 0.928. The zero-order valence-electron chi connectivity index (χ0n) is 20.0. The van der Waals surface area contributed by atoms with E-state index >= 15 is 0 Å². The molecule has 0 bridgehead atoms. The minimum atomic E-state index is -0.0715. The molecule has 1 heterocycles. The Morgan fingerprint density at radius 3 is 2.21 bits per heavy atom. The quantitative estimate of drug-likeness (QED) is 0.662. The molecule has 1 aliphatic heterocycles. The lowest BCUT2D eigenvalue weighted by molar-refractivity contribution is 0.0159. The predicted octanol–water partition coefficient (Wildman–Crippen LogP) is 5.20. The smallest absolute Gasteiger partial charge is 0.320 e. The van der Waals surface area contributed by atoms with Crippen molar-refractivity contribution in [2.45, 2.75) is 62.6 Å². The van der Waals surface area contributed by atoms with Gasteiger partial charge in [-0.1, -0.05) is 48.9 Å². The van der Waals surface area contributed by atoms with Crippen molar-refractivity contribution in [2.75, 3.05) is 27.2 Å². The fraction of sp³-hybridized carbons (Fsp3) is 0.536. The maximum Gasteiger partial charge on any atom is 0.320 e. The Morgan fingerprint density at radius 2 is 1.64 bits per heavy atom. The average Bonchev–Trinajstić information content (AvgIpc) is 3.04. The number of urea groups is 1. The van der Waals surface area contributed by atoms with Crippen LogP contribution in [0.4, 0.5) is 4.79 Å². The van der Waals surface area contributed by atoms with Gasteiger partial charge in [-0.15, -0.1) is 0 Å². The predicted molar refractivity (Wildman–Crippen MR) is 131 cm³/mol.